The molecule has 0 aliphatic carbocycles. The molecule has 4 aromatic rings. The number of amides is 5. The standard InChI is InChI=1S/C43H53N7O7/c1-25(2)36(47-42(54)56-5)40(52)49-19-7-9-33(49)23-45-39(51)32-18-17-30-21-29(15-16-31(30)22-32)27-11-13-28(14-12-27)34-24-44-38(46-34)35-10-8-20-50(35)41(53)37(26(3)4)48-43(55)57-6/h11-18,21-22,24-26,33,35-37H,7-10,19-20,23H2,1-6H3,(H,44,46)(H,45,51)(H,47,54)(H,48,55)/t33-,35-,36-,37-/m0/s1. The highest BCUT2D eigenvalue weighted by atomic mass is 16.5. The average molecular weight is 780 g/mol. The number of methoxy groups -OCH3 is 2. The van der Waals surface area contributed by atoms with Crippen LogP contribution in [0.2, 0.25) is 0 Å². The second-order valence-corrected chi connectivity index (χ2v) is 15.5. The Balaban J connectivity index is 1.08. The first kappa shape index (κ1) is 40.7. The number of carbonyl (C=O) groups excluding carboxylic acids is 5. The molecule has 0 bridgehead atoms. The van der Waals surface area contributed by atoms with Crippen molar-refractivity contribution in [3.63, 3.8) is 0 Å². The number of imidazole rings is 1. The Labute approximate surface area is 333 Å². The van der Waals surface area contributed by atoms with Gasteiger partial charge in [0.2, 0.25) is 11.8 Å². The van der Waals surface area contributed by atoms with Crippen molar-refractivity contribution in [2.75, 3.05) is 33.9 Å². The lowest BCUT2D eigenvalue weighted by atomic mass is 9.98. The zero-order valence-electron chi connectivity index (χ0n) is 33.5. The van der Waals surface area contributed by atoms with Crippen LogP contribution in [0.1, 0.15) is 75.6 Å². The summed E-state index contributed by atoms with van der Waals surface area (Å²) in [6.07, 6.45) is 3.71. The Morgan fingerprint density at radius 3 is 1.95 bits per heavy atom. The maximum Gasteiger partial charge on any atom is 0.407 e. The Bertz CT molecular complexity index is 2100. The number of likely N-dealkylation sites (tertiary alicyclic amines) is 2. The molecule has 57 heavy (non-hydrogen) atoms. The van der Waals surface area contributed by atoms with E-state index in [9.17, 15) is 24.0 Å². The number of benzene rings is 3. The topological polar surface area (TPSA) is 175 Å². The Morgan fingerprint density at radius 1 is 0.737 bits per heavy atom. The van der Waals surface area contributed by atoms with E-state index in [-0.39, 0.29) is 41.6 Å². The van der Waals surface area contributed by atoms with Crippen molar-refractivity contribution in [1.29, 1.82) is 0 Å². The van der Waals surface area contributed by atoms with Gasteiger partial charge < -0.3 is 40.2 Å². The summed E-state index contributed by atoms with van der Waals surface area (Å²) in [5, 5.41) is 10.3. The van der Waals surface area contributed by atoms with Gasteiger partial charge in [0.15, 0.2) is 0 Å². The number of aromatic nitrogens is 2. The Kier molecular flexibility index (Phi) is 12.8. The average Bonchev–Trinajstić information content (AvgIpc) is 4.01. The predicted molar refractivity (Wildman–Crippen MR) is 216 cm³/mol. The molecule has 4 atom stereocenters. The summed E-state index contributed by atoms with van der Waals surface area (Å²) in [6.45, 7) is 9.00. The van der Waals surface area contributed by atoms with E-state index in [1.807, 2.05) is 70.2 Å². The van der Waals surface area contributed by atoms with Crippen LogP contribution >= 0.6 is 0 Å². The summed E-state index contributed by atoms with van der Waals surface area (Å²) in [7, 11) is 2.55. The minimum Gasteiger partial charge on any atom is -0.453 e. The third-order valence-electron chi connectivity index (χ3n) is 11.0. The van der Waals surface area contributed by atoms with Crippen LogP contribution in [0.25, 0.3) is 33.2 Å². The van der Waals surface area contributed by atoms with E-state index in [2.05, 4.69) is 44.1 Å². The summed E-state index contributed by atoms with van der Waals surface area (Å²) in [6, 6.07) is 18.2. The zero-order chi connectivity index (χ0) is 40.8. The largest absolute Gasteiger partial charge is 0.453 e. The van der Waals surface area contributed by atoms with Crippen LogP contribution in [0.4, 0.5) is 9.59 Å². The molecule has 6 rings (SSSR count). The number of hydrogen-bond acceptors (Lipinski definition) is 8. The van der Waals surface area contributed by atoms with E-state index < -0.39 is 24.3 Å². The van der Waals surface area contributed by atoms with E-state index in [4.69, 9.17) is 9.47 Å². The smallest absolute Gasteiger partial charge is 0.407 e. The van der Waals surface area contributed by atoms with Crippen molar-refractivity contribution < 1.29 is 33.4 Å². The third-order valence-corrected chi connectivity index (χ3v) is 11.0. The van der Waals surface area contributed by atoms with Crippen LogP contribution in [-0.4, -0.2) is 102 Å². The van der Waals surface area contributed by atoms with Gasteiger partial charge in [0.05, 0.1) is 32.2 Å². The Morgan fingerprint density at radius 2 is 1.30 bits per heavy atom. The quantitative estimate of drug-likeness (QED) is 0.135. The first-order valence-corrected chi connectivity index (χ1v) is 19.7. The number of H-pyrrole nitrogens is 1. The number of alkyl carbamates (subject to hydrolysis) is 2. The van der Waals surface area contributed by atoms with Crippen LogP contribution < -0.4 is 16.0 Å². The molecule has 14 nitrogen and oxygen atoms in total. The highest BCUT2D eigenvalue weighted by Crippen LogP contribution is 2.33. The first-order chi connectivity index (χ1) is 27.4. The van der Waals surface area contributed by atoms with Crippen molar-refractivity contribution in [2.24, 2.45) is 11.8 Å². The molecule has 0 unspecified atom stereocenters. The molecule has 2 aliphatic rings. The lowest BCUT2D eigenvalue weighted by molar-refractivity contribution is -0.136. The number of fused-ring (bicyclic) bond motifs is 1. The summed E-state index contributed by atoms with van der Waals surface area (Å²) < 4.78 is 9.47. The predicted octanol–water partition coefficient (Wildman–Crippen LogP) is 6.04. The number of aromatic amines is 1. The lowest BCUT2D eigenvalue weighted by Gasteiger charge is -2.30. The van der Waals surface area contributed by atoms with Crippen molar-refractivity contribution in [3.05, 3.63) is 78.2 Å². The molecule has 2 aliphatic heterocycles. The van der Waals surface area contributed by atoms with Crippen molar-refractivity contribution in [1.82, 2.24) is 35.7 Å². The van der Waals surface area contributed by atoms with Gasteiger partial charge in [-0.15, -0.1) is 0 Å². The fourth-order valence-electron chi connectivity index (χ4n) is 7.78. The molecule has 0 saturated carbocycles. The fraction of sp³-hybridized carbons (Fsp3) is 0.442. The molecule has 0 spiro atoms. The number of hydrogen-bond donors (Lipinski definition) is 4. The minimum atomic E-state index is -0.710. The van der Waals surface area contributed by atoms with Crippen LogP contribution in [0.5, 0.6) is 0 Å². The van der Waals surface area contributed by atoms with Gasteiger partial charge in [0.25, 0.3) is 5.91 Å². The second-order valence-electron chi connectivity index (χ2n) is 15.5. The minimum absolute atomic E-state index is 0.112. The van der Waals surface area contributed by atoms with Gasteiger partial charge >= 0.3 is 12.2 Å². The molecule has 14 heteroatoms. The number of nitrogens with one attached hydrogen (secondary N) is 4. The molecule has 1 aromatic heterocycles. The molecule has 4 N–H and O–H groups in total. The number of ether oxygens (including phenoxy) is 2. The Hall–Kier alpha value is -5.92. The summed E-state index contributed by atoms with van der Waals surface area (Å²) >= 11 is 0. The molecular weight excluding hydrogens is 727 g/mol. The maximum absolute atomic E-state index is 13.5. The van der Waals surface area contributed by atoms with E-state index in [1.54, 1.807) is 16.0 Å². The molecule has 2 saturated heterocycles. The summed E-state index contributed by atoms with van der Waals surface area (Å²) in [5.74, 6) is -0.0637. The molecular formula is C43H53N7O7. The van der Waals surface area contributed by atoms with Crippen LogP contribution in [0.3, 0.4) is 0 Å². The first-order valence-electron chi connectivity index (χ1n) is 19.7. The SMILES string of the molecule is COC(=O)N[C@H](C(=O)N1CCC[C@H]1CNC(=O)c1ccc2cc(-c3ccc(-c4cnc([C@@H]5CCCN5C(=O)[C@@H](NC(=O)OC)C(C)C)[nH]4)cc3)ccc2c1)C(C)C. The van der Waals surface area contributed by atoms with Crippen LogP contribution in [0.15, 0.2) is 66.9 Å². The van der Waals surface area contributed by atoms with Gasteiger partial charge in [-0.05, 0) is 83.2 Å². The van der Waals surface area contributed by atoms with Gasteiger partial charge in [-0.25, -0.2) is 14.6 Å². The van der Waals surface area contributed by atoms with E-state index in [0.717, 1.165) is 58.8 Å². The van der Waals surface area contributed by atoms with Crippen molar-refractivity contribution >= 4 is 40.7 Å². The monoisotopic (exact) mass is 779 g/mol. The summed E-state index contributed by atoms with van der Waals surface area (Å²) in [4.78, 5) is 75.7. The highest BCUT2D eigenvalue weighted by molar-refractivity contribution is 5.99. The van der Waals surface area contributed by atoms with Gasteiger partial charge in [-0.1, -0.05) is 70.2 Å². The van der Waals surface area contributed by atoms with Crippen LogP contribution in [-0.2, 0) is 19.1 Å². The van der Waals surface area contributed by atoms with Crippen LogP contribution in [0, 0.1) is 11.8 Å². The molecule has 302 valence electrons. The third kappa shape index (κ3) is 9.22. The number of nitrogens with zero attached hydrogens (tertiary/aromatic N) is 3. The lowest BCUT2D eigenvalue weighted by Crippen LogP contribution is -2.54. The maximum atomic E-state index is 13.5. The van der Waals surface area contributed by atoms with Crippen molar-refractivity contribution in [2.45, 2.75) is 77.5 Å². The second kappa shape index (κ2) is 17.9. The van der Waals surface area contributed by atoms with Gasteiger partial charge in [0, 0.05) is 31.2 Å². The summed E-state index contributed by atoms with van der Waals surface area (Å²) in [5.41, 5.74) is 4.40. The van der Waals surface area contributed by atoms with Gasteiger partial charge in [-0.3, -0.25) is 14.4 Å². The van der Waals surface area contributed by atoms with E-state index in [0.29, 0.717) is 31.0 Å². The molecule has 3 heterocycles. The fourth-order valence-corrected chi connectivity index (χ4v) is 7.78. The number of rotatable bonds is 12. The normalized spacial score (nSPS) is 17.8. The molecule has 3 aromatic carbocycles. The van der Waals surface area contributed by atoms with E-state index in [1.165, 1.54) is 14.2 Å². The van der Waals surface area contributed by atoms with Gasteiger partial charge in [-0.2, -0.15) is 0 Å². The highest BCUT2D eigenvalue weighted by Gasteiger charge is 2.38. The molecule has 5 amide bonds. The number of carbonyl (C=O) groups is 5. The molecule has 2 fully saturated rings. The van der Waals surface area contributed by atoms with Crippen molar-refractivity contribution in [3.8, 4) is 22.4 Å². The van der Waals surface area contributed by atoms with E-state index >= 15 is 0 Å². The zero-order valence-corrected chi connectivity index (χ0v) is 33.5. The van der Waals surface area contributed by atoms with Gasteiger partial charge in [0.1, 0.15) is 17.9 Å². The molecule has 0 radical (unpaired) electrons.